The predicted molar refractivity (Wildman–Crippen MR) is 94.9 cm³/mol. The van der Waals surface area contributed by atoms with Gasteiger partial charge in [0.2, 0.25) is 0 Å². The first kappa shape index (κ1) is 17.7. The highest BCUT2D eigenvalue weighted by atomic mass is 32.1. The molecule has 0 atom stereocenters. The van der Waals surface area contributed by atoms with Crippen LogP contribution in [0.1, 0.15) is 27.0 Å². The summed E-state index contributed by atoms with van der Waals surface area (Å²) < 4.78 is 28.6. The molecule has 0 unspecified atom stereocenters. The minimum atomic E-state index is -0.945. The quantitative estimate of drug-likeness (QED) is 0.740. The van der Waals surface area contributed by atoms with Gasteiger partial charge in [-0.15, -0.1) is 21.5 Å². The van der Waals surface area contributed by atoms with Crippen molar-refractivity contribution >= 4 is 17.2 Å². The molecule has 3 heterocycles. The summed E-state index contributed by atoms with van der Waals surface area (Å²) in [7, 11) is 0. The maximum Gasteiger partial charge on any atom is 0.266 e. The van der Waals surface area contributed by atoms with Crippen LogP contribution < -0.4 is 5.73 Å². The molecule has 27 heavy (non-hydrogen) atoms. The van der Waals surface area contributed by atoms with Gasteiger partial charge in [0.1, 0.15) is 15.7 Å². The van der Waals surface area contributed by atoms with E-state index in [9.17, 15) is 13.6 Å². The lowest BCUT2D eigenvalue weighted by atomic mass is 10.2. The van der Waals surface area contributed by atoms with Crippen molar-refractivity contribution in [3.05, 3.63) is 52.1 Å². The SMILES string of the molecule is Cc1nc(-c2ccc(F)c(F)c2)sc1C(=O)N1CCn2c(CN)nnc2C1. The molecule has 0 bridgehead atoms. The van der Waals surface area contributed by atoms with E-state index in [0.717, 1.165) is 12.1 Å². The van der Waals surface area contributed by atoms with Gasteiger partial charge in [-0.2, -0.15) is 0 Å². The van der Waals surface area contributed by atoms with Crippen molar-refractivity contribution in [2.75, 3.05) is 6.54 Å². The Morgan fingerprint density at radius 2 is 2.07 bits per heavy atom. The zero-order valence-corrected chi connectivity index (χ0v) is 15.3. The number of halogens is 2. The normalized spacial score (nSPS) is 13.7. The Hall–Kier alpha value is -2.72. The topological polar surface area (TPSA) is 89.9 Å². The van der Waals surface area contributed by atoms with Crippen LogP contribution in [0.5, 0.6) is 0 Å². The molecular formula is C17H16F2N6OS. The van der Waals surface area contributed by atoms with E-state index in [2.05, 4.69) is 15.2 Å². The fourth-order valence-corrected chi connectivity index (χ4v) is 4.06. The summed E-state index contributed by atoms with van der Waals surface area (Å²) in [5.74, 6) is -0.635. The van der Waals surface area contributed by atoms with Gasteiger partial charge in [0.25, 0.3) is 5.91 Å². The smallest absolute Gasteiger partial charge is 0.266 e. The molecular weight excluding hydrogens is 374 g/mol. The third-order valence-corrected chi connectivity index (χ3v) is 5.65. The lowest BCUT2D eigenvalue weighted by Gasteiger charge is -2.27. The predicted octanol–water partition coefficient (Wildman–Crippen LogP) is 2.10. The largest absolute Gasteiger partial charge is 0.329 e. The molecule has 7 nitrogen and oxygen atoms in total. The maximum absolute atomic E-state index is 13.5. The lowest BCUT2D eigenvalue weighted by Crippen LogP contribution is -2.38. The molecule has 0 saturated carbocycles. The monoisotopic (exact) mass is 390 g/mol. The molecule has 1 aromatic carbocycles. The van der Waals surface area contributed by atoms with Crippen molar-refractivity contribution in [2.45, 2.75) is 26.6 Å². The fourth-order valence-electron chi connectivity index (χ4n) is 3.03. The van der Waals surface area contributed by atoms with E-state index in [0.29, 0.717) is 59.0 Å². The average Bonchev–Trinajstić information content (AvgIpc) is 3.26. The second-order valence-corrected chi connectivity index (χ2v) is 7.18. The molecule has 0 saturated heterocycles. The van der Waals surface area contributed by atoms with Crippen molar-refractivity contribution in [3.63, 3.8) is 0 Å². The minimum absolute atomic E-state index is 0.164. The van der Waals surface area contributed by atoms with Gasteiger partial charge in [-0.25, -0.2) is 13.8 Å². The molecule has 4 rings (SSSR count). The Kier molecular flexibility index (Phi) is 4.44. The number of aryl methyl sites for hydroxylation is 1. The van der Waals surface area contributed by atoms with Crippen LogP contribution in [0.25, 0.3) is 10.6 Å². The van der Waals surface area contributed by atoms with Gasteiger partial charge < -0.3 is 15.2 Å². The second kappa shape index (κ2) is 6.78. The number of fused-ring (bicyclic) bond motifs is 1. The Morgan fingerprint density at radius 3 is 2.81 bits per heavy atom. The third-order valence-electron chi connectivity index (χ3n) is 4.46. The van der Waals surface area contributed by atoms with E-state index >= 15 is 0 Å². The number of amides is 1. The third kappa shape index (κ3) is 3.10. The summed E-state index contributed by atoms with van der Waals surface area (Å²) in [6.45, 7) is 3.45. The second-order valence-electron chi connectivity index (χ2n) is 6.18. The van der Waals surface area contributed by atoms with Crippen molar-refractivity contribution in [1.82, 2.24) is 24.6 Å². The van der Waals surface area contributed by atoms with Gasteiger partial charge in [0.05, 0.1) is 18.8 Å². The first-order valence-corrected chi connectivity index (χ1v) is 9.12. The van der Waals surface area contributed by atoms with Crippen LogP contribution in [0, 0.1) is 18.6 Å². The molecule has 140 valence electrons. The van der Waals surface area contributed by atoms with E-state index in [1.807, 2.05) is 4.57 Å². The standard InChI is InChI=1S/C17H16F2N6OS/c1-9-15(27-16(21-9)10-2-3-11(18)12(19)6-10)17(26)24-4-5-25-13(7-20)22-23-14(25)8-24/h2-3,6H,4-5,7-8,20H2,1H3. The zero-order chi connectivity index (χ0) is 19.1. The first-order valence-electron chi connectivity index (χ1n) is 8.31. The summed E-state index contributed by atoms with van der Waals surface area (Å²) in [5, 5.41) is 8.60. The van der Waals surface area contributed by atoms with Gasteiger partial charge in [0, 0.05) is 18.7 Å². The lowest BCUT2D eigenvalue weighted by molar-refractivity contribution is 0.0710. The fraction of sp³-hybridized carbons (Fsp3) is 0.294. The van der Waals surface area contributed by atoms with E-state index < -0.39 is 11.6 Å². The van der Waals surface area contributed by atoms with Crippen LogP contribution in [0.4, 0.5) is 8.78 Å². The van der Waals surface area contributed by atoms with Crippen LogP contribution in [0.2, 0.25) is 0 Å². The van der Waals surface area contributed by atoms with Gasteiger partial charge in [-0.05, 0) is 25.1 Å². The van der Waals surface area contributed by atoms with Gasteiger partial charge >= 0.3 is 0 Å². The molecule has 2 aromatic heterocycles. The number of aromatic nitrogens is 4. The molecule has 1 amide bonds. The van der Waals surface area contributed by atoms with E-state index in [1.165, 1.54) is 17.4 Å². The van der Waals surface area contributed by atoms with Crippen LogP contribution >= 0.6 is 11.3 Å². The molecule has 1 aliphatic rings. The molecule has 2 N–H and O–H groups in total. The summed E-state index contributed by atoms with van der Waals surface area (Å²) in [4.78, 5) is 19.5. The molecule has 3 aromatic rings. The summed E-state index contributed by atoms with van der Waals surface area (Å²) >= 11 is 1.17. The molecule has 10 heteroatoms. The number of thiazole rings is 1. The molecule has 0 aliphatic carbocycles. The molecule has 1 aliphatic heterocycles. The Bertz CT molecular complexity index is 1030. The highest BCUT2D eigenvalue weighted by Crippen LogP contribution is 2.30. The Balaban J connectivity index is 1.59. The van der Waals surface area contributed by atoms with Gasteiger partial charge in [0.15, 0.2) is 17.5 Å². The van der Waals surface area contributed by atoms with Crippen molar-refractivity contribution < 1.29 is 13.6 Å². The number of rotatable bonds is 3. The average molecular weight is 390 g/mol. The number of carbonyl (C=O) groups excluding carboxylic acids is 1. The number of hydrogen-bond donors (Lipinski definition) is 1. The molecule has 0 radical (unpaired) electrons. The minimum Gasteiger partial charge on any atom is -0.329 e. The maximum atomic E-state index is 13.5. The van der Waals surface area contributed by atoms with Crippen molar-refractivity contribution in [2.24, 2.45) is 5.73 Å². The molecule has 0 fully saturated rings. The van der Waals surface area contributed by atoms with E-state index in [1.54, 1.807) is 11.8 Å². The van der Waals surface area contributed by atoms with Crippen molar-refractivity contribution in [3.8, 4) is 10.6 Å². The Labute approximate surface area is 157 Å². The highest BCUT2D eigenvalue weighted by molar-refractivity contribution is 7.17. The molecule has 0 spiro atoms. The summed E-state index contributed by atoms with van der Waals surface area (Å²) in [5.41, 5.74) is 6.63. The number of carbonyl (C=O) groups is 1. The van der Waals surface area contributed by atoms with E-state index in [4.69, 9.17) is 5.73 Å². The number of hydrogen-bond acceptors (Lipinski definition) is 6. The van der Waals surface area contributed by atoms with Gasteiger partial charge in [-0.1, -0.05) is 0 Å². The summed E-state index contributed by atoms with van der Waals surface area (Å²) in [6, 6.07) is 3.58. The highest BCUT2D eigenvalue weighted by Gasteiger charge is 2.27. The Morgan fingerprint density at radius 1 is 1.26 bits per heavy atom. The van der Waals surface area contributed by atoms with Gasteiger partial charge in [-0.3, -0.25) is 4.79 Å². The number of benzene rings is 1. The van der Waals surface area contributed by atoms with Crippen LogP contribution in [0.3, 0.4) is 0 Å². The first-order chi connectivity index (χ1) is 13.0. The zero-order valence-electron chi connectivity index (χ0n) is 14.4. The van der Waals surface area contributed by atoms with Crippen LogP contribution in [-0.4, -0.2) is 37.1 Å². The number of nitrogens with zero attached hydrogens (tertiary/aromatic N) is 5. The van der Waals surface area contributed by atoms with E-state index in [-0.39, 0.29) is 5.91 Å². The van der Waals surface area contributed by atoms with Crippen LogP contribution in [-0.2, 0) is 19.6 Å². The van der Waals surface area contributed by atoms with Crippen molar-refractivity contribution in [1.29, 1.82) is 0 Å². The van der Waals surface area contributed by atoms with Crippen LogP contribution in [0.15, 0.2) is 18.2 Å². The number of nitrogens with two attached hydrogens (primary N) is 1. The summed E-state index contributed by atoms with van der Waals surface area (Å²) in [6.07, 6.45) is 0.